The number of carbonyl (C=O) groups is 1. The Labute approximate surface area is 203 Å². The summed E-state index contributed by atoms with van der Waals surface area (Å²) in [5.74, 6) is 0.463. The number of anilines is 1. The van der Waals surface area contributed by atoms with Crippen LogP contribution in [0.25, 0.3) is 11.6 Å². The second-order valence-electron chi connectivity index (χ2n) is 6.71. The number of non-ortho nitro benzene ring substituents is 1. The number of nitro benzene ring substituents is 1. The Morgan fingerprint density at radius 3 is 2.61 bits per heavy atom. The standard InChI is InChI=1S/C24H18IN3O5/c1-32-22-12-16(10-18(14-26)17-6-5-9-20(13-17)28(30)31)11-21(25)24(22)33-15-23(29)27-19-7-3-2-4-8-19/h2-13H,15H2,1H3,(H,27,29)/b18-10+. The highest BCUT2D eigenvalue weighted by molar-refractivity contribution is 14.1. The summed E-state index contributed by atoms with van der Waals surface area (Å²) in [5.41, 5.74) is 1.89. The summed E-state index contributed by atoms with van der Waals surface area (Å²) < 4.78 is 11.8. The molecule has 1 amide bonds. The third-order valence-corrected chi connectivity index (χ3v) is 5.26. The van der Waals surface area contributed by atoms with Crippen LogP contribution in [0.3, 0.4) is 0 Å². The van der Waals surface area contributed by atoms with Gasteiger partial charge in [-0.25, -0.2) is 0 Å². The smallest absolute Gasteiger partial charge is 0.270 e. The first-order valence-electron chi connectivity index (χ1n) is 9.63. The Hall–Kier alpha value is -3.91. The first-order valence-corrected chi connectivity index (χ1v) is 10.7. The molecular formula is C24H18IN3O5. The molecule has 0 aliphatic heterocycles. The second-order valence-corrected chi connectivity index (χ2v) is 7.88. The van der Waals surface area contributed by atoms with Crippen LogP contribution in [-0.4, -0.2) is 24.5 Å². The third-order valence-electron chi connectivity index (χ3n) is 4.46. The number of allylic oxidation sites excluding steroid dienone is 1. The number of rotatable bonds is 8. The number of methoxy groups -OCH3 is 1. The molecule has 3 aromatic carbocycles. The number of para-hydroxylation sites is 1. The van der Waals surface area contributed by atoms with Gasteiger partial charge in [0.15, 0.2) is 18.1 Å². The maximum absolute atomic E-state index is 12.2. The minimum absolute atomic E-state index is 0.0988. The van der Waals surface area contributed by atoms with Gasteiger partial charge in [0.05, 0.1) is 27.2 Å². The van der Waals surface area contributed by atoms with Crippen LogP contribution < -0.4 is 14.8 Å². The molecule has 1 N–H and O–H groups in total. The lowest BCUT2D eigenvalue weighted by Crippen LogP contribution is -2.20. The van der Waals surface area contributed by atoms with Crippen molar-refractivity contribution in [2.24, 2.45) is 0 Å². The number of benzene rings is 3. The topological polar surface area (TPSA) is 114 Å². The molecule has 0 saturated heterocycles. The van der Waals surface area contributed by atoms with Gasteiger partial charge in [-0.2, -0.15) is 5.26 Å². The van der Waals surface area contributed by atoms with Gasteiger partial charge in [0.1, 0.15) is 0 Å². The minimum Gasteiger partial charge on any atom is -0.493 e. The summed E-state index contributed by atoms with van der Waals surface area (Å²) in [6, 6.07) is 20.4. The van der Waals surface area contributed by atoms with Crippen molar-refractivity contribution in [3.63, 3.8) is 0 Å². The average molecular weight is 555 g/mol. The van der Waals surface area contributed by atoms with Crippen molar-refractivity contribution in [2.75, 3.05) is 19.0 Å². The molecule has 0 saturated carbocycles. The Morgan fingerprint density at radius 1 is 1.18 bits per heavy atom. The zero-order chi connectivity index (χ0) is 23.8. The Bertz CT molecular complexity index is 1250. The van der Waals surface area contributed by atoms with Gasteiger partial charge < -0.3 is 14.8 Å². The quantitative estimate of drug-likeness (QED) is 0.133. The Morgan fingerprint density at radius 2 is 1.94 bits per heavy atom. The fraction of sp³-hybridized carbons (Fsp3) is 0.0833. The predicted octanol–water partition coefficient (Wildman–Crippen LogP) is 5.29. The molecule has 33 heavy (non-hydrogen) atoms. The van der Waals surface area contributed by atoms with Crippen LogP contribution in [0.2, 0.25) is 0 Å². The van der Waals surface area contributed by atoms with E-state index < -0.39 is 4.92 Å². The number of amides is 1. The summed E-state index contributed by atoms with van der Waals surface area (Å²) in [4.78, 5) is 22.7. The highest BCUT2D eigenvalue weighted by Crippen LogP contribution is 2.35. The van der Waals surface area contributed by atoms with Crippen LogP contribution in [0.5, 0.6) is 11.5 Å². The SMILES string of the molecule is COc1cc(/C=C(\C#N)c2cccc([N+](=O)[O-])c2)cc(I)c1OCC(=O)Nc1ccccc1. The van der Waals surface area contributed by atoms with Crippen molar-refractivity contribution in [2.45, 2.75) is 0 Å². The monoisotopic (exact) mass is 555 g/mol. The van der Waals surface area contributed by atoms with Gasteiger partial charge in [-0.1, -0.05) is 30.3 Å². The third kappa shape index (κ3) is 6.30. The van der Waals surface area contributed by atoms with Gasteiger partial charge in [0, 0.05) is 17.8 Å². The second kappa shape index (κ2) is 11.1. The normalized spacial score (nSPS) is 10.8. The van der Waals surface area contributed by atoms with E-state index >= 15 is 0 Å². The number of nitro groups is 1. The molecule has 166 valence electrons. The van der Waals surface area contributed by atoms with Crippen LogP contribution in [-0.2, 0) is 4.79 Å². The molecule has 0 aliphatic rings. The molecule has 0 spiro atoms. The summed E-state index contributed by atoms with van der Waals surface area (Å²) in [7, 11) is 1.47. The number of nitrogens with zero attached hydrogens (tertiary/aromatic N) is 2. The molecule has 0 bridgehead atoms. The van der Waals surface area contributed by atoms with Crippen LogP contribution in [0.1, 0.15) is 11.1 Å². The van der Waals surface area contributed by atoms with Crippen molar-refractivity contribution in [1.29, 1.82) is 5.26 Å². The minimum atomic E-state index is -0.509. The molecular weight excluding hydrogens is 537 g/mol. The summed E-state index contributed by atoms with van der Waals surface area (Å²) in [5, 5.41) is 23.4. The van der Waals surface area contributed by atoms with E-state index in [1.807, 2.05) is 18.2 Å². The largest absolute Gasteiger partial charge is 0.493 e. The number of hydrogen-bond acceptors (Lipinski definition) is 6. The fourth-order valence-corrected chi connectivity index (χ4v) is 3.73. The van der Waals surface area contributed by atoms with Gasteiger partial charge in [0.2, 0.25) is 0 Å². The zero-order valence-corrected chi connectivity index (χ0v) is 19.6. The highest BCUT2D eigenvalue weighted by atomic mass is 127. The van der Waals surface area contributed by atoms with E-state index in [0.29, 0.717) is 31.9 Å². The van der Waals surface area contributed by atoms with Gasteiger partial charge in [-0.05, 0) is 64.1 Å². The maximum atomic E-state index is 12.2. The average Bonchev–Trinajstić information content (AvgIpc) is 2.82. The molecule has 0 heterocycles. The zero-order valence-electron chi connectivity index (χ0n) is 17.4. The van der Waals surface area contributed by atoms with Gasteiger partial charge in [0.25, 0.3) is 11.6 Å². The predicted molar refractivity (Wildman–Crippen MR) is 133 cm³/mol. The van der Waals surface area contributed by atoms with E-state index in [1.54, 1.807) is 36.4 Å². The van der Waals surface area contributed by atoms with E-state index in [4.69, 9.17) is 9.47 Å². The number of hydrogen-bond donors (Lipinski definition) is 1. The molecule has 0 radical (unpaired) electrons. The Kier molecular flexibility index (Phi) is 7.99. The number of nitriles is 1. The van der Waals surface area contributed by atoms with E-state index in [0.717, 1.165) is 0 Å². The fourth-order valence-electron chi connectivity index (χ4n) is 2.95. The first kappa shape index (κ1) is 23.7. The number of ether oxygens (including phenoxy) is 2. The Balaban J connectivity index is 1.82. The van der Waals surface area contributed by atoms with Crippen LogP contribution in [0.4, 0.5) is 11.4 Å². The van der Waals surface area contributed by atoms with E-state index in [9.17, 15) is 20.2 Å². The molecule has 3 aromatic rings. The molecule has 9 heteroatoms. The lowest BCUT2D eigenvalue weighted by atomic mass is 10.0. The van der Waals surface area contributed by atoms with Crippen molar-refractivity contribution >= 4 is 51.5 Å². The van der Waals surface area contributed by atoms with E-state index in [-0.39, 0.29) is 23.8 Å². The lowest BCUT2D eigenvalue weighted by Gasteiger charge is -2.14. The maximum Gasteiger partial charge on any atom is 0.270 e. The molecule has 0 unspecified atom stereocenters. The molecule has 0 fully saturated rings. The first-order chi connectivity index (χ1) is 15.9. The van der Waals surface area contributed by atoms with Gasteiger partial charge >= 0.3 is 0 Å². The summed E-state index contributed by atoms with van der Waals surface area (Å²) in [6.45, 7) is -0.215. The van der Waals surface area contributed by atoms with Crippen molar-refractivity contribution in [1.82, 2.24) is 0 Å². The van der Waals surface area contributed by atoms with Crippen molar-refractivity contribution in [3.8, 4) is 17.6 Å². The summed E-state index contributed by atoms with van der Waals surface area (Å²) in [6.07, 6.45) is 1.61. The number of nitrogens with one attached hydrogen (secondary N) is 1. The molecule has 8 nitrogen and oxygen atoms in total. The van der Waals surface area contributed by atoms with Crippen LogP contribution >= 0.6 is 22.6 Å². The molecule has 0 atom stereocenters. The molecule has 3 rings (SSSR count). The van der Waals surface area contributed by atoms with E-state index in [1.165, 1.54) is 25.3 Å². The number of halogens is 1. The van der Waals surface area contributed by atoms with Gasteiger partial charge in [-0.3, -0.25) is 14.9 Å². The van der Waals surface area contributed by atoms with Crippen LogP contribution in [0.15, 0.2) is 66.7 Å². The summed E-state index contributed by atoms with van der Waals surface area (Å²) >= 11 is 2.05. The number of carbonyl (C=O) groups excluding carboxylic acids is 1. The highest BCUT2D eigenvalue weighted by Gasteiger charge is 2.15. The lowest BCUT2D eigenvalue weighted by molar-refractivity contribution is -0.384. The van der Waals surface area contributed by atoms with Crippen LogP contribution in [0, 0.1) is 25.0 Å². The van der Waals surface area contributed by atoms with E-state index in [2.05, 4.69) is 34.0 Å². The van der Waals surface area contributed by atoms with Gasteiger partial charge in [-0.15, -0.1) is 0 Å². The molecule has 0 aliphatic carbocycles. The van der Waals surface area contributed by atoms with Crippen molar-refractivity contribution < 1.29 is 19.2 Å². The molecule has 0 aromatic heterocycles. The van der Waals surface area contributed by atoms with Crippen molar-refractivity contribution in [3.05, 3.63) is 91.5 Å².